The van der Waals surface area contributed by atoms with E-state index in [9.17, 15) is 9.59 Å². The second-order valence-corrected chi connectivity index (χ2v) is 7.66. The van der Waals surface area contributed by atoms with Gasteiger partial charge >= 0.3 is 11.9 Å². The molecule has 0 bridgehead atoms. The van der Waals surface area contributed by atoms with Gasteiger partial charge in [0.1, 0.15) is 5.60 Å². The van der Waals surface area contributed by atoms with E-state index in [-0.39, 0.29) is 0 Å². The normalized spacial score (nSPS) is 11.3. The summed E-state index contributed by atoms with van der Waals surface area (Å²) in [7, 11) is 0. The van der Waals surface area contributed by atoms with E-state index < -0.39 is 24.1 Å². The molecule has 0 atom stereocenters. The highest BCUT2D eigenvalue weighted by molar-refractivity contribution is 7.13. The van der Waals surface area contributed by atoms with E-state index in [4.69, 9.17) is 9.47 Å². The number of carbonyl (C=O) groups is 2. The molecular formula is C20H19NO4S. The van der Waals surface area contributed by atoms with Gasteiger partial charge in [0.25, 0.3) is 0 Å². The molecule has 2 aromatic heterocycles. The molecule has 3 aromatic rings. The average molecular weight is 369 g/mol. The SMILES string of the molecule is CC(C)(C)OC(=O)COC(=O)c1cc(-c2cccs2)nc2ccccc12. The molecule has 0 saturated heterocycles. The van der Waals surface area contributed by atoms with Gasteiger partial charge in [-0.2, -0.15) is 0 Å². The molecule has 0 radical (unpaired) electrons. The molecule has 0 aliphatic heterocycles. The third-order valence-corrected chi connectivity index (χ3v) is 4.34. The quantitative estimate of drug-likeness (QED) is 0.635. The van der Waals surface area contributed by atoms with Gasteiger partial charge in [-0.25, -0.2) is 14.6 Å². The van der Waals surface area contributed by atoms with E-state index in [1.807, 2.05) is 41.8 Å². The first-order valence-electron chi connectivity index (χ1n) is 8.16. The van der Waals surface area contributed by atoms with Crippen LogP contribution in [-0.4, -0.2) is 29.1 Å². The van der Waals surface area contributed by atoms with Crippen LogP contribution in [0.15, 0.2) is 47.8 Å². The number of esters is 2. The van der Waals surface area contributed by atoms with Crippen molar-refractivity contribution in [2.75, 3.05) is 6.61 Å². The van der Waals surface area contributed by atoms with Crippen molar-refractivity contribution in [3.8, 4) is 10.6 Å². The lowest BCUT2D eigenvalue weighted by atomic mass is 10.1. The molecule has 0 N–H and O–H groups in total. The summed E-state index contributed by atoms with van der Waals surface area (Å²) in [6, 6.07) is 12.9. The van der Waals surface area contributed by atoms with Crippen molar-refractivity contribution in [3.05, 3.63) is 53.4 Å². The van der Waals surface area contributed by atoms with Crippen molar-refractivity contribution in [2.24, 2.45) is 0 Å². The number of rotatable bonds is 4. The van der Waals surface area contributed by atoms with Gasteiger partial charge in [0.2, 0.25) is 0 Å². The van der Waals surface area contributed by atoms with Gasteiger partial charge < -0.3 is 9.47 Å². The number of aromatic nitrogens is 1. The minimum Gasteiger partial charge on any atom is -0.457 e. The second-order valence-electron chi connectivity index (χ2n) is 6.71. The topological polar surface area (TPSA) is 65.5 Å². The van der Waals surface area contributed by atoms with Crippen LogP contribution >= 0.6 is 11.3 Å². The zero-order chi connectivity index (χ0) is 18.7. The molecule has 134 valence electrons. The van der Waals surface area contributed by atoms with E-state index in [2.05, 4.69) is 4.98 Å². The van der Waals surface area contributed by atoms with Crippen LogP contribution in [0.25, 0.3) is 21.5 Å². The highest BCUT2D eigenvalue weighted by atomic mass is 32.1. The number of pyridine rings is 1. The van der Waals surface area contributed by atoms with Crippen LogP contribution in [0.2, 0.25) is 0 Å². The van der Waals surface area contributed by atoms with Gasteiger partial charge in [0, 0.05) is 5.39 Å². The van der Waals surface area contributed by atoms with E-state index in [1.165, 1.54) is 0 Å². The fourth-order valence-corrected chi connectivity index (χ4v) is 3.15. The Balaban J connectivity index is 1.88. The largest absolute Gasteiger partial charge is 0.457 e. The number of hydrogen-bond acceptors (Lipinski definition) is 6. The standard InChI is InChI=1S/C20H19NO4S/c1-20(2,3)25-18(22)12-24-19(23)14-11-16(17-9-6-10-26-17)21-15-8-5-4-7-13(14)15/h4-11H,12H2,1-3H3. The lowest BCUT2D eigenvalue weighted by Crippen LogP contribution is -2.27. The van der Waals surface area contributed by atoms with Crippen molar-refractivity contribution in [2.45, 2.75) is 26.4 Å². The maximum absolute atomic E-state index is 12.6. The first kappa shape index (κ1) is 18.1. The predicted molar refractivity (Wildman–Crippen MR) is 101 cm³/mol. The van der Waals surface area contributed by atoms with Crippen molar-refractivity contribution >= 4 is 34.2 Å². The number of thiophene rings is 1. The molecule has 0 saturated carbocycles. The van der Waals surface area contributed by atoms with Gasteiger partial charge in [-0.05, 0) is 44.4 Å². The Labute approximate surface area is 155 Å². The molecule has 1 aromatic carbocycles. The fraction of sp³-hybridized carbons (Fsp3) is 0.250. The van der Waals surface area contributed by atoms with E-state index >= 15 is 0 Å². The second kappa shape index (κ2) is 7.25. The van der Waals surface area contributed by atoms with Gasteiger partial charge in [-0.15, -0.1) is 11.3 Å². The van der Waals surface area contributed by atoms with E-state index in [0.29, 0.717) is 22.2 Å². The van der Waals surface area contributed by atoms with Gasteiger partial charge in [-0.1, -0.05) is 24.3 Å². The first-order valence-corrected chi connectivity index (χ1v) is 9.04. The van der Waals surface area contributed by atoms with Crippen molar-refractivity contribution in [1.82, 2.24) is 4.98 Å². The molecule has 0 aliphatic carbocycles. The van der Waals surface area contributed by atoms with Crippen LogP contribution in [0, 0.1) is 0 Å². The molecular weight excluding hydrogens is 350 g/mol. The summed E-state index contributed by atoms with van der Waals surface area (Å²) >= 11 is 1.54. The summed E-state index contributed by atoms with van der Waals surface area (Å²) in [6.07, 6.45) is 0. The Morgan fingerprint density at radius 1 is 1.12 bits per heavy atom. The van der Waals surface area contributed by atoms with Crippen LogP contribution in [-0.2, 0) is 14.3 Å². The summed E-state index contributed by atoms with van der Waals surface area (Å²) in [5.41, 5.74) is 1.15. The maximum Gasteiger partial charge on any atom is 0.344 e. The Hall–Kier alpha value is -2.73. The molecule has 0 amide bonds. The third kappa shape index (κ3) is 4.26. The number of ether oxygens (including phenoxy) is 2. The molecule has 0 aliphatic rings. The summed E-state index contributed by atoms with van der Waals surface area (Å²) in [6.45, 7) is 4.85. The van der Waals surface area contributed by atoms with Crippen LogP contribution in [0.1, 0.15) is 31.1 Å². The molecule has 5 nitrogen and oxygen atoms in total. The maximum atomic E-state index is 12.6. The number of hydrogen-bond donors (Lipinski definition) is 0. The molecule has 6 heteroatoms. The highest BCUT2D eigenvalue weighted by Gasteiger charge is 2.20. The Bertz CT molecular complexity index is 942. The van der Waals surface area contributed by atoms with Crippen LogP contribution in [0.4, 0.5) is 0 Å². The first-order chi connectivity index (χ1) is 12.3. The van der Waals surface area contributed by atoms with Crippen LogP contribution in [0.5, 0.6) is 0 Å². The Morgan fingerprint density at radius 2 is 1.88 bits per heavy atom. The van der Waals surface area contributed by atoms with Crippen LogP contribution in [0.3, 0.4) is 0 Å². The minimum absolute atomic E-state index is 0.377. The third-order valence-electron chi connectivity index (χ3n) is 3.45. The zero-order valence-electron chi connectivity index (χ0n) is 14.8. The lowest BCUT2D eigenvalue weighted by Gasteiger charge is -2.19. The smallest absolute Gasteiger partial charge is 0.344 e. The summed E-state index contributed by atoms with van der Waals surface area (Å²) in [4.78, 5) is 30.0. The van der Waals surface area contributed by atoms with Crippen molar-refractivity contribution in [3.63, 3.8) is 0 Å². The molecule has 0 spiro atoms. The van der Waals surface area contributed by atoms with E-state index in [1.54, 1.807) is 38.2 Å². The number of para-hydroxylation sites is 1. The number of benzene rings is 1. The highest BCUT2D eigenvalue weighted by Crippen LogP contribution is 2.28. The van der Waals surface area contributed by atoms with E-state index in [0.717, 1.165) is 4.88 Å². The summed E-state index contributed by atoms with van der Waals surface area (Å²) < 4.78 is 10.3. The monoisotopic (exact) mass is 369 g/mol. The molecule has 0 fully saturated rings. The van der Waals surface area contributed by atoms with Crippen LogP contribution < -0.4 is 0 Å². The summed E-state index contributed by atoms with van der Waals surface area (Å²) in [5.74, 6) is -1.16. The van der Waals surface area contributed by atoms with Gasteiger partial charge in [0.05, 0.1) is 21.7 Å². The lowest BCUT2D eigenvalue weighted by molar-refractivity contribution is -0.158. The van der Waals surface area contributed by atoms with Gasteiger partial charge in [-0.3, -0.25) is 0 Å². The van der Waals surface area contributed by atoms with Gasteiger partial charge in [0.15, 0.2) is 6.61 Å². The van der Waals surface area contributed by atoms with Crippen molar-refractivity contribution < 1.29 is 19.1 Å². The minimum atomic E-state index is -0.626. The van der Waals surface area contributed by atoms with Crippen molar-refractivity contribution in [1.29, 1.82) is 0 Å². The average Bonchev–Trinajstić information content (AvgIpc) is 3.12. The fourth-order valence-electron chi connectivity index (χ4n) is 2.47. The molecule has 0 unspecified atom stereocenters. The molecule has 3 rings (SSSR count). The molecule has 2 heterocycles. The number of fused-ring (bicyclic) bond motifs is 1. The summed E-state index contributed by atoms with van der Waals surface area (Å²) in [5, 5.41) is 2.63. The number of carbonyl (C=O) groups excluding carboxylic acids is 2. The molecule has 26 heavy (non-hydrogen) atoms. The Morgan fingerprint density at radius 3 is 2.58 bits per heavy atom. The Kier molecular flexibility index (Phi) is 5.04. The predicted octanol–water partition coefficient (Wildman–Crippen LogP) is 4.46. The zero-order valence-corrected chi connectivity index (χ0v) is 15.6. The number of nitrogens with zero attached hydrogens (tertiary/aromatic N) is 1.